The highest BCUT2D eigenvalue weighted by Crippen LogP contribution is 2.37. The lowest BCUT2D eigenvalue weighted by molar-refractivity contribution is -0.0535. The largest absolute Gasteiger partial charge is 0.378 e. The molecule has 4 heteroatoms. The molecule has 2 nitrogen and oxygen atoms in total. The molecule has 1 aliphatic heterocycles. The standard InChI is InChI=1S/C20H26F2O2/c1-12-3-10-17(24-11-12)14-5-7-15(8-6-14)20(23)16-9-4-13(2)18(21)19(16)22/h4,9,12,14-15,17H,3,5-8,10-11H2,1-2H3/t12?,14?,15?,17-/m0/s1. The van der Waals surface area contributed by atoms with E-state index in [2.05, 4.69) is 6.92 Å². The summed E-state index contributed by atoms with van der Waals surface area (Å²) in [6.45, 7) is 4.54. The van der Waals surface area contributed by atoms with Gasteiger partial charge in [0.1, 0.15) is 0 Å². The van der Waals surface area contributed by atoms with Gasteiger partial charge in [0.05, 0.1) is 11.7 Å². The molecule has 24 heavy (non-hydrogen) atoms. The number of rotatable bonds is 3. The first kappa shape index (κ1) is 17.5. The van der Waals surface area contributed by atoms with Gasteiger partial charge in [0, 0.05) is 12.5 Å². The maximum atomic E-state index is 14.1. The minimum absolute atomic E-state index is 0.0932. The first-order valence-corrected chi connectivity index (χ1v) is 9.07. The number of Topliss-reactive ketones (excluding diaryl/α,β-unsaturated/α-hetero) is 1. The highest BCUT2D eigenvalue weighted by atomic mass is 19.2. The van der Waals surface area contributed by atoms with Crippen molar-refractivity contribution < 1.29 is 18.3 Å². The second-order valence-corrected chi connectivity index (χ2v) is 7.59. The number of aryl methyl sites for hydroxylation is 1. The van der Waals surface area contributed by atoms with Gasteiger partial charge in [0.15, 0.2) is 17.4 Å². The lowest BCUT2D eigenvalue weighted by atomic mass is 9.75. The lowest BCUT2D eigenvalue weighted by Gasteiger charge is -2.36. The molecule has 0 N–H and O–H groups in total. The lowest BCUT2D eigenvalue weighted by Crippen LogP contribution is -2.34. The summed E-state index contributed by atoms with van der Waals surface area (Å²) in [7, 11) is 0. The third-order valence-electron chi connectivity index (χ3n) is 5.75. The predicted octanol–water partition coefficient (Wildman–Crippen LogP) is 5.08. The fraction of sp³-hybridized carbons (Fsp3) is 0.650. The van der Waals surface area contributed by atoms with E-state index in [1.165, 1.54) is 25.5 Å². The number of ketones is 1. The Kier molecular flexibility index (Phi) is 5.33. The first-order chi connectivity index (χ1) is 11.5. The quantitative estimate of drug-likeness (QED) is 0.720. The molecule has 1 aromatic carbocycles. The van der Waals surface area contributed by atoms with Crippen LogP contribution >= 0.6 is 0 Å². The molecule has 2 aliphatic rings. The second kappa shape index (κ2) is 7.30. The van der Waals surface area contributed by atoms with Crippen molar-refractivity contribution in [2.75, 3.05) is 6.61 Å². The molecule has 1 saturated heterocycles. The molecule has 2 fully saturated rings. The molecule has 0 radical (unpaired) electrons. The van der Waals surface area contributed by atoms with E-state index in [-0.39, 0.29) is 22.8 Å². The van der Waals surface area contributed by atoms with Gasteiger partial charge in [0.2, 0.25) is 0 Å². The molecule has 0 aromatic heterocycles. The van der Waals surface area contributed by atoms with Crippen LogP contribution in [0.25, 0.3) is 0 Å². The van der Waals surface area contributed by atoms with Gasteiger partial charge in [-0.15, -0.1) is 0 Å². The van der Waals surface area contributed by atoms with E-state index in [9.17, 15) is 13.6 Å². The van der Waals surface area contributed by atoms with Gasteiger partial charge in [-0.25, -0.2) is 8.78 Å². The van der Waals surface area contributed by atoms with Gasteiger partial charge in [-0.2, -0.15) is 0 Å². The van der Waals surface area contributed by atoms with Crippen LogP contribution in [0.3, 0.4) is 0 Å². The number of benzene rings is 1. The van der Waals surface area contributed by atoms with Crippen molar-refractivity contribution in [2.45, 2.75) is 58.5 Å². The molecule has 0 amide bonds. The van der Waals surface area contributed by atoms with Crippen molar-refractivity contribution >= 4 is 5.78 Å². The zero-order valence-corrected chi connectivity index (χ0v) is 14.5. The smallest absolute Gasteiger partial charge is 0.169 e. The Morgan fingerprint density at radius 2 is 1.75 bits per heavy atom. The van der Waals surface area contributed by atoms with Crippen LogP contribution in [-0.4, -0.2) is 18.5 Å². The topological polar surface area (TPSA) is 26.3 Å². The van der Waals surface area contributed by atoms with E-state index in [1.54, 1.807) is 0 Å². The Hall–Kier alpha value is -1.29. The Bertz CT molecular complexity index is 598. The minimum Gasteiger partial charge on any atom is -0.378 e. The highest BCUT2D eigenvalue weighted by molar-refractivity contribution is 5.98. The number of ether oxygens (including phenoxy) is 1. The van der Waals surface area contributed by atoms with Gasteiger partial charge in [0.25, 0.3) is 0 Å². The number of hydrogen-bond donors (Lipinski definition) is 0. The van der Waals surface area contributed by atoms with Crippen LogP contribution in [0.4, 0.5) is 8.78 Å². The van der Waals surface area contributed by atoms with Crippen molar-refractivity contribution in [3.8, 4) is 0 Å². The summed E-state index contributed by atoms with van der Waals surface area (Å²) < 4.78 is 33.7. The number of carbonyl (C=O) groups excluding carboxylic acids is 1. The highest BCUT2D eigenvalue weighted by Gasteiger charge is 2.34. The van der Waals surface area contributed by atoms with Crippen LogP contribution < -0.4 is 0 Å². The maximum Gasteiger partial charge on any atom is 0.169 e. The van der Waals surface area contributed by atoms with Crippen molar-refractivity contribution in [3.05, 3.63) is 34.9 Å². The third-order valence-corrected chi connectivity index (χ3v) is 5.75. The Morgan fingerprint density at radius 3 is 2.38 bits per heavy atom. The predicted molar refractivity (Wildman–Crippen MR) is 89.0 cm³/mol. The summed E-state index contributed by atoms with van der Waals surface area (Å²) in [6, 6.07) is 2.90. The van der Waals surface area contributed by atoms with Crippen LogP contribution in [-0.2, 0) is 4.74 Å². The summed E-state index contributed by atoms with van der Waals surface area (Å²) >= 11 is 0. The SMILES string of the molecule is Cc1ccc(C(=O)C2CCC([C@@H]3CCC(C)CO3)CC2)c(F)c1F. The average Bonchev–Trinajstić information content (AvgIpc) is 2.60. The number of hydrogen-bond acceptors (Lipinski definition) is 2. The maximum absolute atomic E-state index is 14.1. The Balaban J connectivity index is 1.60. The van der Waals surface area contributed by atoms with Gasteiger partial charge in [-0.1, -0.05) is 13.0 Å². The molecular weight excluding hydrogens is 310 g/mol. The average molecular weight is 336 g/mol. The van der Waals surface area contributed by atoms with Gasteiger partial charge < -0.3 is 4.74 Å². The molecule has 0 bridgehead atoms. The van der Waals surface area contributed by atoms with Crippen LogP contribution in [0.5, 0.6) is 0 Å². The molecule has 1 unspecified atom stereocenters. The summed E-state index contributed by atoms with van der Waals surface area (Å²) in [5, 5.41) is 0. The van der Waals surface area contributed by atoms with Gasteiger partial charge in [-0.3, -0.25) is 4.79 Å². The summed E-state index contributed by atoms with van der Waals surface area (Å²) in [5.41, 5.74) is 0.140. The zero-order chi connectivity index (χ0) is 17.3. The van der Waals surface area contributed by atoms with E-state index in [0.717, 1.165) is 38.7 Å². The molecule has 1 heterocycles. The molecule has 1 aromatic rings. The van der Waals surface area contributed by atoms with Crippen molar-refractivity contribution in [3.63, 3.8) is 0 Å². The molecule has 0 spiro atoms. The van der Waals surface area contributed by atoms with Crippen LogP contribution in [0, 0.1) is 36.3 Å². The van der Waals surface area contributed by atoms with Crippen molar-refractivity contribution in [1.82, 2.24) is 0 Å². The third kappa shape index (κ3) is 3.53. The van der Waals surface area contributed by atoms with Gasteiger partial charge in [-0.05, 0) is 68.9 Å². The van der Waals surface area contributed by atoms with Crippen molar-refractivity contribution in [1.29, 1.82) is 0 Å². The fourth-order valence-corrected chi connectivity index (χ4v) is 4.08. The number of carbonyl (C=O) groups is 1. The van der Waals surface area contributed by atoms with Gasteiger partial charge >= 0.3 is 0 Å². The van der Waals surface area contributed by atoms with E-state index >= 15 is 0 Å². The second-order valence-electron chi connectivity index (χ2n) is 7.59. The normalized spacial score (nSPS) is 31.0. The minimum atomic E-state index is -0.994. The number of halogens is 2. The first-order valence-electron chi connectivity index (χ1n) is 9.07. The molecular formula is C20H26F2O2. The van der Waals surface area contributed by atoms with Crippen molar-refractivity contribution in [2.24, 2.45) is 17.8 Å². The molecule has 132 valence electrons. The van der Waals surface area contributed by atoms with Crippen LogP contribution in [0.1, 0.15) is 61.4 Å². The summed E-state index contributed by atoms with van der Waals surface area (Å²) in [5.74, 6) is -1.20. The molecule has 1 saturated carbocycles. The fourth-order valence-electron chi connectivity index (χ4n) is 4.08. The summed E-state index contributed by atoms with van der Waals surface area (Å²) in [4.78, 5) is 12.6. The summed E-state index contributed by atoms with van der Waals surface area (Å²) in [6.07, 6.45) is 5.98. The molecule has 3 rings (SSSR count). The van der Waals surface area contributed by atoms with E-state index in [0.29, 0.717) is 17.9 Å². The van der Waals surface area contributed by atoms with Crippen LogP contribution in [0.2, 0.25) is 0 Å². The zero-order valence-electron chi connectivity index (χ0n) is 14.5. The molecule has 1 aliphatic carbocycles. The van der Waals surface area contributed by atoms with E-state index < -0.39 is 11.6 Å². The Morgan fingerprint density at radius 1 is 1.04 bits per heavy atom. The Labute approximate surface area is 142 Å². The monoisotopic (exact) mass is 336 g/mol. The van der Waals surface area contributed by atoms with E-state index in [4.69, 9.17) is 4.74 Å². The van der Waals surface area contributed by atoms with E-state index in [1.807, 2.05) is 0 Å². The molecule has 2 atom stereocenters. The van der Waals surface area contributed by atoms with Crippen LogP contribution in [0.15, 0.2) is 12.1 Å².